The van der Waals surface area contributed by atoms with Crippen molar-refractivity contribution in [2.24, 2.45) is 0 Å². The SMILES string of the molecule is CCNC(c1cccc(C)c1)c1cc2cccc(Br)c2o1. The van der Waals surface area contributed by atoms with Gasteiger partial charge in [-0.15, -0.1) is 0 Å². The van der Waals surface area contributed by atoms with Gasteiger partial charge >= 0.3 is 0 Å². The standard InChI is InChI=1S/C18H18BrNO/c1-3-20-17(13-7-4-6-12(2)10-13)16-11-14-8-5-9-15(19)18(14)21-16/h4-11,17,20H,3H2,1-2H3. The lowest BCUT2D eigenvalue weighted by Crippen LogP contribution is -2.21. The molecule has 3 aromatic rings. The van der Waals surface area contributed by atoms with Gasteiger partial charge in [0.15, 0.2) is 0 Å². The third-order valence-electron chi connectivity index (χ3n) is 3.58. The van der Waals surface area contributed by atoms with Crippen molar-refractivity contribution in [3.8, 4) is 0 Å². The Hall–Kier alpha value is -1.58. The van der Waals surface area contributed by atoms with E-state index in [1.165, 1.54) is 11.1 Å². The Balaban J connectivity index is 2.09. The molecular formula is C18H18BrNO. The maximum atomic E-state index is 6.10. The molecule has 0 bridgehead atoms. The van der Waals surface area contributed by atoms with Crippen LogP contribution in [0.15, 0.2) is 57.4 Å². The summed E-state index contributed by atoms with van der Waals surface area (Å²) in [5.74, 6) is 0.948. The zero-order chi connectivity index (χ0) is 14.8. The van der Waals surface area contributed by atoms with Gasteiger partial charge in [-0.3, -0.25) is 0 Å². The summed E-state index contributed by atoms with van der Waals surface area (Å²) in [5.41, 5.74) is 3.39. The van der Waals surface area contributed by atoms with E-state index in [1.807, 2.05) is 12.1 Å². The molecule has 0 fully saturated rings. The maximum Gasteiger partial charge on any atom is 0.148 e. The van der Waals surface area contributed by atoms with Crippen LogP contribution in [0.2, 0.25) is 0 Å². The summed E-state index contributed by atoms with van der Waals surface area (Å²) in [6.45, 7) is 5.11. The zero-order valence-corrected chi connectivity index (χ0v) is 13.8. The third-order valence-corrected chi connectivity index (χ3v) is 4.21. The van der Waals surface area contributed by atoms with E-state index in [0.717, 1.165) is 27.7 Å². The van der Waals surface area contributed by atoms with Crippen LogP contribution in [0.25, 0.3) is 11.0 Å². The van der Waals surface area contributed by atoms with Crippen molar-refractivity contribution in [2.75, 3.05) is 6.54 Å². The molecule has 0 aliphatic carbocycles. The summed E-state index contributed by atoms with van der Waals surface area (Å²) in [7, 11) is 0. The van der Waals surface area contributed by atoms with E-state index in [4.69, 9.17) is 4.42 Å². The van der Waals surface area contributed by atoms with Crippen LogP contribution in [0, 0.1) is 6.92 Å². The van der Waals surface area contributed by atoms with Crippen molar-refractivity contribution >= 4 is 26.9 Å². The first kappa shape index (κ1) is 14.4. The highest BCUT2D eigenvalue weighted by Crippen LogP contribution is 2.32. The van der Waals surface area contributed by atoms with Gasteiger partial charge < -0.3 is 9.73 Å². The summed E-state index contributed by atoms with van der Waals surface area (Å²) in [6, 6.07) is 16.9. The van der Waals surface area contributed by atoms with E-state index in [2.05, 4.69) is 71.5 Å². The normalized spacial score (nSPS) is 12.7. The molecule has 0 aliphatic heterocycles. The molecule has 0 amide bonds. The van der Waals surface area contributed by atoms with Crippen molar-refractivity contribution in [1.29, 1.82) is 0 Å². The molecule has 0 saturated carbocycles. The molecule has 3 heteroatoms. The molecule has 21 heavy (non-hydrogen) atoms. The molecular weight excluding hydrogens is 326 g/mol. The molecule has 1 N–H and O–H groups in total. The molecule has 2 nitrogen and oxygen atoms in total. The van der Waals surface area contributed by atoms with E-state index in [-0.39, 0.29) is 6.04 Å². The van der Waals surface area contributed by atoms with Crippen LogP contribution in [0.4, 0.5) is 0 Å². The van der Waals surface area contributed by atoms with Crippen LogP contribution < -0.4 is 5.32 Å². The van der Waals surface area contributed by atoms with Crippen LogP contribution >= 0.6 is 15.9 Å². The van der Waals surface area contributed by atoms with Crippen LogP contribution in [0.3, 0.4) is 0 Å². The molecule has 0 saturated heterocycles. The molecule has 1 atom stereocenters. The molecule has 0 radical (unpaired) electrons. The number of para-hydroxylation sites is 1. The topological polar surface area (TPSA) is 25.2 Å². The number of fused-ring (bicyclic) bond motifs is 1. The molecule has 0 aliphatic rings. The first-order valence-corrected chi connectivity index (χ1v) is 7.96. The highest BCUT2D eigenvalue weighted by Gasteiger charge is 2.18. The summed E-state index contributed by atoms with van der Waals surface area (Å²) in [5, 5.41) is 4.63. The van der Waals surface area contributed by atoms with Crippen LogP contribution in [-0.2, 0) is 0 Å². The van der Waals surface area contributed by atoms with Gasteiger partial charge in [-0.1, -0.05) is 48.9 Å². The number of aryl methyl sites for hydroxylation is 1. The van der Waals surface area contributed by atoms with Gasteiger partial charge in [-0.25, -0.2) is 0 Å². The monoisotopic (exact) mass is 343 g/mol. The lowest BCUT2D eigenvalue weighted by molar-refractivity contribution is 0.476. The Kier molecular flexibility index (Phi) is 4.13. The Labute approximate surface area is 133 Å². The van der Waals surface area contributed by atoms with Crippen LogP contribution in [0.5, 0.6) is 0 Å². The predicted octanol–water partition coefficient (Wildman–Crippen LogP) is 5.20. The van der Waals surface area contributed by atoms with Gasteiger partial charge in [-0.2, -0.15) is 0 Å². The minimum absolute atomic E-state index is 0.0780. The minimum Gasteiger partial charge on any atom is -0.458 e. The van der Waals surface area contributed by atoms with E-state index in [1.54, 1.807) is 0 Å². The second kappa shape index (κ2) is 6.04. The summed E-state index contributed by atoms with van der Waals surface area (Å²) < 4.78 is 7.09. The summed E-state index contributed by atoms with van der Waals surface area (Å²) in [4.78, 5) is 0. The Morgan fingerprint density at radius 3 is 2.67 bits per heavy atom. The van der Waals surface area contributed by atoms with Gasteiger partial charge in [0.1, 0.15) is 11.3 Å². The third kappa shape index (κ3) is 2.89. The number of rotatable bonds is 4. The quantitative estimate of drug-likeness (QED) is 0.703. The van der Waals surface area contributed by atoms with E-state index in [0.29, 0.717) is 0 Å². The molecule has 1 aromatic heterocycles. The van der Waals surface area contributed by atoms with Gasteiger partial charge in [0, 0.05) is 5.39 Å². The smallest absolute Gasteiger partial charge is 0.148 e. The minimum atomic E-state index is 0.0780. The second-order valence-corrected chi connectivity index (χ2v) is 6.07. The van der Waals surface area contributed by atoms with E-state index in [9.17, 15) is 0 Å². The van der Waals surface area contributed by atoms with E-state index >= 15 is 0 Å². The summed E-state index contributed by atoms with van der Waals surface area (Å²) >= 11 is 3.55. The number of hydrogen-bond acceptors (Lipinski definition) is 2. The van der Waals surface area contributed by atoms with Gasteiger partial charge in [0.25, 0.3) is 0 Å². The fourth-order valence-corrected chi connectivity index (χ4v) is 3.09. The number of benzene rings is 2. The molecule has 108 valence electrons. The molecule has 2 aromatic carbocycles. The maximum absolute atomic E-state index is 6.10. The molecule has 0 spiro atoms. The Morgan fingerprint density at radius 1 is 1.14 bits per heavy atom. The summed E-state index contributed by atoms with van der Waals surface area (Å²) in [6.07, 6.45) is 0. The first-order chi connectivity index (χ1) is 10.2. The number of nitrogens with one attached hydrogen (secondary N) is 1. The second-order valence-electron chi connectivity index (χ2n) is 5.21. The molecule has 1 unspecified atom stereocenters. The Bertz CT molecular complexity index is 763. The lowest BCUT2D eigenvalue weighted by Gasteiger charge is -2.16. The number of furan rings is 1. The largest absolute Gasteiger partial charge is 0.458 e. The van der Waals surface area contributed by atoms with Crippen molar-refractivity contribution in [3.63, 3.8) is 0 Å². The van der Waals surface area contributed by atoms with Crippen molar-refractivity contribution in [2.45, 2.75) is 19.9 Å². The molecule has 1 heterocycles. The lowest BCUT2D eigenvalue weighted by atomic mass is 10.0. The first-order valence-electron chi connectivity index (χ1n) is 7.17. The highest BCUT2D eigenvalue weighted by atomic mass is 79.9. The fraction of sp³-hybridized carbons (Fsp3) is 0.222. The van der Waals surface area contributed by atoms with Gasteiger partial charge in [0.05, 0.1) is 10.5 Å². The van der Waals surface area contributed by atoms with Crippen LogP contribution in [0.1, 0.15) is 29.9 Å². The fourth-order valence-electron chi connectivity index (χ4n) is 2.63. The van der Waals surface area contributed by atoms with E-state index < -0.39 is 0 Å². The van der Waals surface area contributed by atoms with Crippen molar-refractivity contribution in [3.05, 3.63) is 69.9 Å². The molecule has 3 rings (SSSR count). The average molecular weight is 344 g/mol. The number of halogens is 1. The Morgan fingerprint density at radius 2 is 1.95 bits per heavy atom. The van der Waals surface area contributed by atoms with Gasteiger partial charge in [-0.05, 0) is 47.1 Å². The predicted molar refractivity (Wildman–Crippen MR) is 90.6 cm³/mol. The van der Waals surface area contributed by atoms with Gasteiger partial charge in [0.2, 0.25) is 0 Å². The zero-order valence-electron chi connectivity index (χ0n) is 12.2. The average Bonchev–Trinajstić information content (AvgIpc) is 2.90. The highest BCUT2D eigenvalue weighted by molar-refractivity contribution is 9.10. The number of hydrogen-bond donors (Lipinski definition) is 1. The van der Waals surface area contributed by atoms with Crippen molar-refractivity contribution in [1.82, 2.24) is 5.32 Å². The van der Waals surface area contributed by atoms with Crippen LogP contribution in [-0.4, -0.2) is 6.54 Å². The van der Waals surface area contributed by atoms with Crippen molar-refractivity contribution < 1.29 is 4.42 Å².